The zero-order chi connectivity index (χ0) is 22.1. The highest BCUT2D eigenvalue weighted by Gasteiger charge is 2.20. The fraction of sp³-hybridized carbons (Fsp3) is 0.417. The molecule has 0 bridgehead atoms. The molecule has 30 heavy (non-hydrogen) atoms. The number of halogens is 2. The van der Waals surface area contributed by atoms with Crippen LogP contribution >= 0.6 is 46.1 Å². The smallest absolute Gasteiger partial charge is 0.0914 e. The summed E-state index contributed by atoms with van der Waals surface area (Å²) >= 11 is 7.67. The van der Waals surface area contributed by atoms with Gasteiger partial charge in [0.1, 0.15) is 0 Å². The molecule has 0 aliphatic heterocycles. The molecule has 0 atom stereocenters. The molecule has 0 aliphatic carbocycles. The van der Waals surface area contributed by atoms with Gasteiger partial charge >= 0.3 is 0 Å². The summed E-state index contributed by atoms with van der Waals surface area (Å²) in [5.41, 5.74) is 2.26. The van der Waals surface area contributed by atoms with Gasteiger partial charge in [0, 0.05) is 21.3 Å². The van der Waals surface area contributed by atoms with Gasteiger partial charge in [0.2, 0.25) is 0 Å². The molecule has 2 nitrogen and oxygen atoms in total. The van der Waals surface area contributed by atoms with Crippen LogP contribution in [-0.2, 0) is 21.5 Å². The van der Waals surface area contributed by atoms with Crippen molar-refractivity contribution in [3.8, 4) is 0 Å². The standard InChI is InChI=1S/C24H30Br2O2P2/c1-5-29(27,6-2)15-17-9-11-19-21(13-17)23(25)20-12-10-18(14-22(20)24(19)26)16-30(28,7-3)8-4/h9-14H,5-8,15-16H2,1-4H3. The van der Waals surface area contributed by atoms with Gasteiger partial charge in [-0.05, 0) is 101 Å². The molecule has 0 amide bonds. The molecule has 3 rings (SSSR count). The lowest BCUT2D eigenvalue weighted by Gasteiger charge is -2.17. The Morgan fingerprint density at radius 3 is 1.23 bits per heavy atom. The Balaban J connectivity index is 2.13. The van der Waals surface area contributed by atoms with E-state index in [1.165, 1.54) is 0 Å². The van der Waals surface area contributed by atoms with Crippen molar-refractivity contribution in [2.75, 3.05) is 24.6 Å². The van der Waals surface area contributed by atoms with Crippen molar-refractivity contribution in [1.29, 1.82) is 0 Å². The van der Waals surface area contributed by atoms with Crippen LogP contribution in [0.2, 0.25) is 0 Å². The van der Waals surface area contributed by atoms with E-state index in [1.54, 1.807) is 0 Å². The van der Waals surface area contributed by atoms with Crippen molar-refractivity contribution in [3.05, 3.63) is 56.5 Å². The minimum absolute atomic E-state index is 0.653. The van der Waals surface area contributed by atoms with Gasteiger partial charge < -0.3 is 9.13 Å². The minimum atomic E-state index is -2.14. The van der Waals surface area contributed by atoms with Crippen LogP contribution in [0.25, 0.3) is 21.5 Å². The van der Waals surface area contributed by atoms with Gasteiger partial charge in [0.05, 0.1) is 14.3 Å². The van der Waals surface area contributed by atoms with Gasteiger partial charge in [-0.2, -0.15) is 0 Å². The largest absolute Gasteiger partial charge is 0.323 e. The molecule has 3 aromatic carbocycles. The van der Waals surface area contributed by atoms with Crippen LogP contribution in [-0.4, -0.2) is 24.6 Å². The van der Waals surface area contributed by atoms with Gasteiger partial charge in [0.15, 0.2) is 0 Å². The Hall–Kier alpha value is -0.400. The van der Waals surface area contributed by atoms with Crippen LogP contribution in [0, 0.1) is 0 Å². The fourth-order valence-corrected chi connectivity index (χ4v) is 8.84. The second-order valence-electron chi connectivity index (χ2n) is 8.09. The van der Waals surface area contributed by atoms with E-state index < -0.39 is 14.3 Å². The zero-order valence-corrected chi connectivity index (χ0v) is 23.1. The lowest BCUT2D eigenvalue weighted by Crippen LogP contribution is -1.96. The predicted octanol–water partition coefficient (Wildman–Crippen LogP) is 9.32. The van der Waals surface area contributed by atoms with E-state index in [-0.39, 0.29) is 0 Å². The summed E-state index contributed by atoms with van der Waals surface area (Å²) in [5, 5.41) is 4.52. The van der Waals surface area contributed by atoms with Crippen LogP contribution in [0.4, 0.5) is 0 Å². The molecular weight excluding hydrogens is 542 g/mol. The maximum Gasteiger partial charge on any atom is 0.0914 e. The number of fused-ring (bicyclic) bond motifs is 2. The topological polar surface area (TPSA) is 34.1 Å². The van der Waals surface area contributed by atoms with Crippen molar-refractivity contribution >= 4 is 67.7 Å². The average Bonchev–Trinajstić information content (AvgIpc) is 2.77. The molecule has 0 aliphatic rings. The summed E-state index contributed by atoms with van der Waals surface area (Å²) in [6, 6.07) is 12.8. The van der Waals surface area contributed by atoms with Crippen molar-refractivity contribution in [2.45, 2.75) is 40.0 Å². The van der Waals surface area contributed by atoms with Crippen LogP contribution in [0.15, 0.2) is 45.3 Å². The Bertz CT molecular complexity index is 1080. The molecule has 0 heterocycles. The number of hydrogen-bond acceptors (Lipinski definition) is 2. The highest BCUT2D eigenvalue weighted by Crippen LogP contribution is 2.50. The van der Waals surface area contributed by atoms with Crippen LogP contribution in [0.5, 0.6) is 0 Å². The van der Waals surface area contributed by atoms with Gasteiger partial charge in [-0.25, -0.2) is 0 Å². The summed E-state index contributed by atoms with van der Waals surface area (Å²) in [4.78, 5) is 0. The number of rotatable bonds is 8. The summed E-state index contributed by atoms with van der Waals surface area (Å²) in [6.45, 7) is 8.11. The maximum absolute atomic E-state index is 13.0. The first kappa shape index (κ1) is 24.2. The second-order valence-corrected chi connectivity index (χ2v) is 17.1. The fourth-order valence-electron chi connectivity index (χ4n) is 3.98. The molecule has 0 radical (unpaired) electrons. The lowest BCUT2D eigenvalue weighted by atomic mass is 10.0. The zero-order valence-electron chi connectivity index (χ0n) is 18.2. The van der Waals surface area contributed by atoms with E-state index in [0.29, 0.717) is 12.3 Å². The van der Waals surface area contributed by atoms with Crippen LogP contribution in [0.1, 0.15) is 38.8 Å². The highest BCUT2D eigenvalue weighted by atomic mass is 79.9. The van der Waals surface area contributed by atoms with Gasteiger partial charge in [0.25, 0.3) is 0 Å². The molecular formula is C24H30Br2O2P2. The van der Waals surface area contributed by atoms with Gasteiger partial charge in [-0.15, -0.1) is 0 Å². The molecule has 162 valence electrons. The first-order valence-electron chi connectivity index (χ1n) is 10.7. The van der Waals surface area contributed by atoms with Crippen LogP contribution in [0.3, 0.4) is 0 Å². The molecule has 0 saturated heterocycles. The molecule has 0 saturated carbocycles. The first-order chi connectivity index (χ1) is 14.2. The second kappa shape index (κ2) is 9.62. The number of hydrogen-bond donors (Lipinski definition) is 0. The third-order valence-corrected chi connectivity index (χ3v) is 14.6. The normalized spacial score (nSPS) is 12.7. The van der Waals surface area contributed by atoms with Gasteiger partial charge in [-0.1, -0.05) is 52.0 Å². The van der Waals surface area contributed by atoms with E-state index in [0.717, 1.165) is 66.3 Å². The molecule has 0 aromatic heterocycles. The molecule has 0 spiro atoms. The minimum Gasteiger partial charge on any atom is -0.323 e. The Kier molecular flexibility index (Phi) is 7.77. The monoisotopic (exact) mass is 570 g/mol. The summed E-state index contributed by atoms with van der Waals surface area (Å²) < 4.78 is 28.1. The summed E-state index contributed by atoms with van der Waals surface area (Å²) in [5.74, 6) is 0. The molecule has 3 aromatic rings. The predicted molar refractivity (Wildman–Crippen MR) is 142 cm³/mol. The third-order valence-electron chi connectivity index (χ3n) is 6.36. The van der Waals surface area contributed by atoms with E-state index in [1.807, 2.05) is 27.7 Å². The van der Waals surface area contributed by atoms with Crippen molar-refractivity contribution in [1.82, 2.24) is 0 Å². The van der Waals surface area contributed by atoms with E-state index >= 15 is 0 Å². The average molecular weight is 572 g/mol. The molecule has 0 fully saturated rings. The summed E-state index contributed by atoms with van der Waals surface area (Å²) in [7, 11) is -4.29. The Labute approximate surface area is 197 Å². The number of benzene rings is 3. The van der Waals surface area contributed by atoms with E-state index in [2.05, 4.69) is 68.3 Å². The van der Waals surface area contributed by atoms with Crippen LogP contribution < -0.4 is 0 Å². The Morgan fingerprint density at radius 1 is 0.600 bits per heavy atom. The van der Waals surface area contributed by atoms with E-state index in [4.69, 9.17) is 0 Å². The lowest BCUT2D eigenvalue weighted by molar-refractivity contribution is 0.574. The molecule has 0 unspecified atom stereocenters. The van der Waals surface area contributed by atoms with Crippen molar-refractivity contribution < 1.29 is 9.13 Å². The Morgan fingerprint density at radius 2 is 0.933 bits per heavy atom. The van der Waals surface area contributed by atoms with Gasteiger partial charge in [-0.3, -0.25) is 0 Å². The quantitative estimate of drug-likeness (QED) is 0.199. The summed E-state index contributed by atoms with van der Waals surface area (Å²) in [6.07, 6.45) is 4.28. The third kappa shape index (κ3) is 4.83. The van der Waals surface area contributed by atoms with Crippen molar-refractivity contribution in [2.24, 2.45) is 0 Å². The first-order valence-corrected chi connectivity index (χ1v) is 16.8. The maximum atomic E-state index is 13.0. The van der Waals surface area contributed by atoms with E-state index in [9.17, 15) is 9.13 Å². The highest BCUT2D eigenvalue weighted by molar-refractivity contribution is 9.11. The molecule has 6 heteroatoms. The molecule has 0 N–H and O–H groups in total. The van der Waals surface area contributed by atoms with Crippen molar-refractivity contribution in [3.63, 3.8) is 0 Å². The SMILES string of the molecule is CCP(=O)(CC)Cc1ccc2c(Br)c3cc(CP(=O)(CC)CC)ccc3c(Br)c2c1.